The molecule has 4 nitrogen and oxygen atoms in total. The van der Waals surface area contributed by atoms with Crippen LogP contribution in [0, 0.1) is 12.1 Å². The molecule has 0 amide bonds. The first-order valence-electron chi connectivity index (χ1n) is 13.7. The largest absolute Gasteiger partial charge is 2.00 e. The maximum absolute atomic E-state index is 6.32. The molecule has 0 aliphatic heterocycles. The molecule has 4 aromatic carbocycles. The zero-order chi connectivity index (χ0) is 27.7. The van der Waals surface area contributed by atoms with E-state index in [1.165, 1.54) is 31.1 Å². The van der Waals surface area contributed by atoms with Crippen molar-refractivity contribution in [3.63, 3.8) is 0 Å². The van der Waals surface area contributed by atoms with Crippen molar-refractivity contribution < 1.29 is 25.2 Å². The zero-order valence-corrected chi connectivity index (χ0v) is 25.6. The van der Waals surface area contributed by atoms with Gasteiger partial charge in [0.25, 0.3) is 0 Å². The first-order valence-corrected chi connectivity index (χ1v) is 14.5. The van der Waals surface area contributed by atoms with Crippen molar-refractivity contribution in [1.29, 1.82) is 0 Å². The Morgan fingerprint density at radius 1 is 0.738 bits per heavy atom. The fraction of sp³-hybridized carbons (Fsp3) is 0.111. The van der Waals surface area contributed by atoms with E-state index < -0.39 is 0 Å². The number of hydrogen-bond donors (Lipinski definition) is 0. The van der Waals surface area contributed by atoms with Gasteiger partial charge in [-0.25, -0.2) is 0 Å². The number of imidazole rings is 1. The Morgan fingerprint density at radius 3 is 2.48 bits per heavy atom. The molecule has 6 heteroatoms. The van der Waals surface area contributed by atoms with E-state index in [1.807, 2.05) is 54.2 Å². The average Bonchev–Trinajstić information content (AvgIpc) is 3.61. The van der Waals surface area contributed by atoms with Gasteiger partial charge in [-0.2, -0.15) is 0 Å². The summed E-state index contributed by atoms with van der Waals surface area (Å²) in [6.45, 7) is 6.61. The fourth-order valence-corrected chi connectivity index (χ4v) is 6.74. The van der Waals surface area contributed by atoms with Crippen LogP contribution in [0.3, 0.4) is 0 Å². The van der Waals surface area contributed by atoms with Gasteiger partial charge in [0.1, 0.15) is 0 Å². The van der Waals surface area contributed by atoms with Crippen LogP contribution in [0.25, 0.3) is 58.8 Å². The second kappa shape index (κ2) is 10.0. The number of aromatic nitrogens is 3. The summed E-state index contributed by atoms with van der Waals surface area (Å²) in [5.74, 6) is 1.24. The molecular weight excluding hydrogens is 629 g/mol. The van der Waals surface area contributed by atoms with Crippen LogP contribution in [-0.2, 0) is 25.8 Å². The Bertz CT molecular complexity index is 2290. The first-order chi connectivity index (χ1) is 19.9. The molecule has 8 rings (SSSR count). The molecule has 0 unspecified atom stereocenters. The van der Waals surface area contributed by atoms with Gasteiger partial charge in [-0.1, -0.05) is 74.0 Å². The van der Waals surface area contributed by atoms with Gasteiger partial charge in [0.2, 0.25) is 0 Å². The Kier molecular flexibility index (Phi) is 6.40. The van der Waals surface area contributed by atoms with Crippen molar-refractivity contribution in [3.05, 3.63) is 115 Å². The molecule has 0 atom stereocenters. The normalized spacial score (nSPS) is 12.0. The number of nitrogens with zero attached hydrogens (tertiary/aromatic N) is 3. The standard InChI is InChI=1S/C36H25N3OS.Pd/c1-36(2,3)23-13-14-37-31(18-23)22-7-6-8-24(17-22)40-25-11-12-26-28-21-34-29(27-9-4-5-10-33(27)41-34)20-32(28)39-16-15-38-35(39)30(26)19-25;/h4-16,18,20-21H,1-3H3;/q-2;+2. The van der Waals surface area contributed by atoms with Gasteiger partial charge < -0.3 is 14.1 Å². The summed E-state index contributed by atoms with van der Waals surface area (Å²) in [7, 11) is 0. The van der Waals surface area contributed by atoms with Crippen molar-refractivity contribution in [1.82, 2.24) is 14.4 Å². The molecule has 0 aliphatic rings. The van der Waals surface area contributed by atoms with Crippen LogP contribution in [0.2, 0.25) is 0 Å². The molecule has 0 aliphatic carbocycles. The maximum Gasteiger partial charge on any atom is 2.00 e. The van der Waals surface area contributed by atoms with E-state index >= 15 is 0 Å². The molecule has 0 bridgehead atoms. The summed E-state index contributed by atoms with van der Waals surface area (Å²) < 4.78 is 11.0. The topological polar surface area (TPSA) is 39.4 Å². The number of ether oxygens (including phenoxy) is 1. The van der Waals surface area contributed by atoms with Crippen LogP contribution >= 0.6 is 11.3 Å². The third-order valence-electron chi connectivity index (χ3n) is 7.72. The van der Waals surface area contributed by atoms with Gasteiger partial charge in [0.15, 0.2) is 0 Å². The minimum Gasteiger partial charge on any atom is -0.497 e. The van der Waals surface area contributed by atoms with Gasteiger partial charge in [0.05, 0.1) is 5.65 Å². The molecular formula is C36H25N3OPdS. The number of rotatable bonds is 3. The van der Waals surface area contributed by atoms with E-state index in [9.17, 15) is 0 Å². The van der Waals surface area contributed by atoms with Gasteiger partial charge in [-0.15, -0.1) is 41.2 Å². The van der Waals surface area contributed by atoms with E-state index in [0.29, 0.717) is 11.5 Å². The molecule has 0 spiro atoms. The Hall–Kier alpha value is -4.08. The smallest absolute Gasteiger partial charge is 0.497 e. The van der Waals surface area contributed by atoms with Crippen LogP contribution in [0.5, 0.6) is 11.5 Å². The number of hydrogen-bond acceptors (Lipinski definition) is 4. The minimum atomic E-state index is 0. The SMILES string of the molecule is CC(C)(C)c1ccnc(-c2[c-]c(Oc3[c-]c4c(cc3)c3cc5sc6ccccc6c5cc3n3ccnc43)ccc2)c1.[Pd+2]. The van der Waals surface area contributed by atoms with Crippen molar-refractivity contribution in [2.24, 2.45) is 0 Å². The van der Waals surface area contributed by atoms with Crippen molar-refractivity contribution in [2.45, 2.75) is 26.2 Å². The number of thiophene rings is 1. The van der Waals surface area contributed by atoms with Crippen molar-refractivity contribution >= 4 is 58.8 Å². The molecule has 42 heavy (non-hydrogen) atoms. The maximum atomic E-state index is 6.32. The molecule has 4 aromatic heterocycles. The van der Waals surface area contributed by atoms with E-state index in [-0.39, 0.29) is 25.8 Å². The summed E-state index contributed by atoms with van der Waals surface area (Å²) >= 11 is 1.83. The molecule has 0 fully saturated rings. The van der Waals surface area contributed by atoms with Crippen molar-refractivity contribution in [3.8, 4) is 22.8 Å². The number of fused-ring (bicyclic) bond motifs is 9. The van der Waals surface area contributed by atoms with Crippen molar-refractivity contribution in [2.75, 3.05) is 0 Å². The summed E-state index contributed by atoms with van der Waals surface area (Å²) in [5, 5.41) is 5.76. The summed E-state index contributed by atoms with van der Waals surface area (Å²) in [6.07, 6.45) is 5.73. The van der Waals surface area contributed by atoms with Gasteiger partial charge >= 0.3 is 20.4 Å². The third-order valence-corrected chi connectivity index (χ3v) is 8.85. The molecule has 8 aromatic rings. The molecule has 0 saturated carbocycles. The summed E-state index contributed by atoms with van der Waals surface area (Å²) in [5.41, 5.74) is 5.03. The second-order valence-corrected chi connectivity index (χ2v) is 12.5. The summed E-state index contributed by atoms with van der Waals surface area (Å²) in [4.78, 5) is 9.32. The predicted octanol–water partition coefficient (Wildman–Crippen LogP) is 9.76. The van der Waals surface area contributed by atoms with E-state index in [1.54, 1.807) is 0 Å². The summed E-state index contributed by atoms with van der Waals surface area (Å²) in [6, 6.07) is 34.3. The Morgan fingerprint density at radius 2 is 1.60 bits per heavy atom. The molecule has 0 saturated heterocycles. The van der Waals surface area contributed by atoms with Gasteiger partial charge in [-0.3, -0.25) is 4.98 Å². The Labute approximate surface area is 261 Å². The first kappa shape index (κ1) is 26.8. The quantitative estimate of drug-likeness (QED) is 0.108. The fourth-order valence-electron chi connectivity index (χ4n) is 5.61. The van der Waals surface area contributed by atoms with E-state index in [0.717, 1.165) is 33.2 Å². The monoisotopic (exact) mass is 653 g/mol. The van der Waals surface area contributed by atoms with Crippen LogP contribution in [0.15, 0.2) is 97.5 Å². The van der Waals surface area contributed by atoms with Crippen LogP contribution in [0.1, 0.15) is 26.3 Å². The molecule has 0 N–H and O–H groups in total. The van der Waals surface area contributed by atoms with Gasteiger partial charge in [-0.05, 0) is 46.3 Å². The molecule has 0 radical (unpaired) electrons. The molecule has 206 valence electrons. The zero-order valence-electron chi connectivity index (χ0n) is 23.2. The molecule has 4 heterocycles. The minimum absolute atomic E-state index is 0. The third kappa shape index (κ3) is 4.39. The second-order valence-electron chi connectivity index (χ2n) is 11.4. The van der Waals surface area contributed by atoms with E-state index in [2.05, 4.69) is 96.9 Å². The number of benzene rings is 4. The average molecular weight is 654 g/mol. The van der Waals surface area contributed by atoms with Gasteiger partial charge in [0, 0.05) is 55.8 Å². The van der Waals surface area contributed by atoms with Crippen LogP contribution in [0.4, 0.5) is 0 Å². The predicted molar refractivity (Wildman–Crippen MR) is 169 cm³/mol. The number of pyridine rings is 2. The van der Waals surface area contributed by atoms with Crippen LogP contribution < -0.4 is 4.74 Å². The Balaban J connectivity index is 0.00000288. The van der Waals surface area contributed by atoms with Crippen LogP contribution in [-0.4, -0.2) is 14.4 Å². The van der Waals surface area contributed by atoms with E-state index in [4.69, 9.17) is 9.72 Å².